The Bertz CT molecular complexity index is 721. The van der Waals surface area contributed by atoms with E-state index in [-0.39, 0.29) is 10.7 Å². The van der Waals surface area contributed by atoms with E-state index in [4.69, 9.17) is 11.6 Å². The summed E-state index contributed by atoms with van der Waals surface area (Å²) in [6.07, 6.45) is 2.37. The summed E-state index contributed by atoms with van der Waals surface area (Å²) >= 11 is 7.37. The SMILES string of the molecule is CCc1c(Cl)[nH]c(=O)n(-c2ccccc2SC)c1=O. The summed E-state index contributed by atoms with van der Waals surface area (Å²) in [7, 11) is 0. The number of benzene rings is 1. The third kappa shape index (κ3) is 2.48. The molecule has 0 amide bonds. The van der Waals surface area contributed by atoms with Crippen molar-refractivity contribution in [2.24, 2.45) is 0 Å². The Morgan fingerprint density at radius 2 is 2.00 bits per heavy atom. The minimum Gasteiger partial charge on any atom is -0.297 e. The summed E-state index contributed by atoms with van der Waals surface area (Å²) in [6.45, 7) is 1.83. The number of nitrogens with zero attached hydrogens (tertiary/aromatic N) is 1. The molecule has 0 aliphatic rings. The fourth-order valence-corrected chi connectivity index (χ4v) is 2.76. The first-order chi connectivity index (χ1) is 9.10. The van der Waals surface area contributed by atoms with E-state index < -0.39 is 5.69 Å². The summed E-state index contributed by atoms with van der Waals surface area (Å²) < 4.78 is 1.14. The van der Waals surface area contributed by atoms with Crippen LogP contribution in [0.15, 0.2) is 38.8 Å². The van der Waals surface area contributed by atoms with Crippen molar-refractivity contribution in [3.8, 4) is 5.69 Å². The summed E-state index contributed by atoms with van der Waals surface area (Å²) in [6, 6.07) is 7.27. The summed E-state index contributed by atoms with van der Waals surface area (Å²) in [5.41, 5.74) is 0.108. The van der Waals surface area contributed by atoms with Crippen molar-refractivity contribution in [1.82, 2.24) is 9.55 Å². The van der Waals surface area contributed by atoms with Gasteiger partial charge in [0, 0.05) is 4.90 Å². The van der Waals surface area contributed by atoms with Gasteiger partial charge in [0.05, 0.1) is 11.3 Å². The van der Waals surface area contributed by atoms with E-state index in [2.05, 4.69) is 4.98 Å². The fraction of sp³-hybridized carbons (Fsp3) is 0.231. The van der Waals surface area contributed by atoms with Crippen molar-refractivity contribution in [2.45, 2.75) is 18.2 Å². The van der Waals surface area contributed by atoms with Crippen molar-refractivity contribution in [1.29, 1.82) is 0 Å². The van der Waals surface area contributed by atoms with Crippen LogP contribution in [0.3, 0.4) is 0 Å². The normalized spacial score (nSPS) is 10.7. The molecule has 0 atom stereocenters. The molecule has 100 valence electrons. The van der Waals surface area contributed by atoms with Crippen LogP contribution in [-0.2, 0) is 6.42 Å². The summed E-state index contributed by atoms with van der Waals surface area (Å²) in [5, 5.41) is 0.121. The zero-order chi connectivity index (χ0) is 14.0. The number of H-pyrrole nitrogens is 1. The quantitative estimate of drug-likeness (QED) is 0.699. The van der Waals surface area contributed by atoms with E-state index in [1.165, 1.54) is 11.8 Å². The zero-order valence-corrected chi connectivity index (χ0v) is 12.1. The molecule has 0 saturated carbocycles. The van der Waals surface area contributed by atoms with Gasteiger partial charge in [-0.3, -0.25) is 9.78 Å². The number of hydrogen-bond donors (Lipinski definition) is 1. The van der Waals surface area contributed by atoms with E-state index in [0.29, 0.717) is 17.7 Å². The van der Waals surface area contributed by atoms with Gasteiger partial charge < -0.3 is 0 Å². The highest BCUT2D eigenvalue weighted by atomic mass is 35.5. The number of nitrogens with one attached hydrogen (secondary N) is 1. The van der Waals surface area contributed by atoms with Gasteiger partial charge in [0.25, 0.3) is 5.56 Å². The summed E-state index contributed by atoms with van der Waals surface area (Å²) in [4.78, 5) is 27.7. The number of thioether (sulfide) groups is 1. The highest BCUT2D eigenvalue weighted by Gasteiger charge is 2.14. The Morgan fingerprint density at radius 3 is 2.63 bits per heavy atom. The Balaban J connectivity index is 2.83. The van der Waals surface area contributed by atoms with Crippen molar-refractivity contribution < 1.29 is 0 Å². The van der Waals surface area contributed by atoms with Crippen LogP contribution in [0.1, 0.15) is 12.5 Å². The lowest BCUT2D eigenvalue weighted by Crippen LogP contribution is -2.36. The number of hydrogen-bond acceptors (Lipinski definition) is 3. The maximum absolute atomic E-state index is 12.4. The number of halogens is 1. The van der Waals surface area contributed by atoms with E-state index in [0.717, 1.165) is 9.46 Å². The second-order valence-corrected chi connectivity index (χ2v) is 5.11. The average molecular weight is 297 g/mol. The minimum absolute atomic E-state index is 0.121. The van der Waals surface area contributed by atoms with Gasteiger partial charge in [0.2, 0.25) is 0 Å². The highest BCUT2D eigenvalue weighted by Crippen LogP contribution is 2.21. The molecular formula is C13H13ClN2O2S. The van der Waals surface area contributed by atoms with Crippen LogP contribution < -0.4 is 11.2 Å². The molecule has 6 heteroatoms. The lowest BCUT2D eigenvalue weighted by molar-refractivity contribution is 0.830. The molecule has 19 heavy (non-hydrogen) atoms. The van der Waals surface area contributed by atoms with Crippen LogP contribution in [-0.4, -0.2) is 15.8 Å². The molecule has 4 nitrogen and oxygen atoms in total. The molecule has 0 fully saturated rings. The predicted octanol–water partition coefficient (Wildman–Crippen LogP) is 2.46. The second-order valence-electron chi connectivity index (χ2n) is 3.89. The van der Waals surface area contributed by atoms with Gasteiger partial charge in [-0.25, -0.2) is 9.36 Å². The molecule has 0 aliphatic carbocycles. The molecule has 0 unspecified atom stereocenters. The van der Waals surface area contributed by atoms with Gasteiger partial charge in [-0.1, -0.05) is 30.7 Å². The van der Waals surface area contributed by atoms with Crippen molar-refractivity contribution >= 4 is 23.4 Å². The van der Waals surface area contributed by atoms with E-state index >= 15 is 0 Å². The largest absolute Gasteiger partial charge is 0.334 e. The number of rotatable bonds is 3. The van der Waals surface area contributed by atoms with Crippen LogP contribution in [0.4, 0.5) is 0 Å². The zero-order valence-electron chi connectivity index (χ0n) is 10.6. The molecule has 0 spiro atoms. The van der Waals surface area contributed by atoms with Gasteiger partial charge >= 0.3 is 5.69 Å². The van der Waals surface area contributed by atoms with Crippen LogP contribution >= 0.6 is 23.4 Å². The van der Waals surface area contributed by atoms with E-state index in [1.807, 2.05) is 25.3 Å². The molecular weight excluding hydrogens is 284 g/mol. The van der Waals surface area contributed by atoms with Crippen LogP contribution in [0.5, 0.6) is 0 Å². The molecule has 0 aliphatic heterocycles. The van der Waals surface area contributed by atoms with Gasteiger partial charge in [-0.15, -0.1) is 11.8 Å². The Labute approximate surface area is 119 Å². The highest BCUT2D eigenvalue weighted by molar-refractivity contribution is 7.98. The first kappa shape index (κ1) is 14.0. The lowest BCUT2D eigenvalue weighted by atomic mass is 10.2. The molecule has 0 bridgehead atoms. The first-order valence-corrected chi connectivity index (χ1v) is 7.37. The van der Waals surface area contributed by atoms with Gasteiger partial charge in [-0.2, -0.15) is 0 Å². The standard InChI is InChI=1S/C13H13ClN2O2S/c1-3-8-11(14)15-13(18)16(12(8)17)9-6-4-5-7-10(9)19-2/h4-7H,3H2,1-2H3,(H,15,18). The van der Waals surface area contributed by atoms with E-state index in [1.54, 1.807) is 12.1 Å². The molecule has 2 aromatic rings. The Hall–Kier alpha value is -1.46. The van der Waals surface area contributed by atoms with Gasteiger partial charge in [0.1, 0.15) is 5.15 Å². The first-order valence-electron chi connectivity index (χ1n) is 5.77. The summed E-state index contributed by atoms with van der Waals surface area (Å²) in [5.74, 6) is 0. The van der Waals surface area contributed by atoms with Crippen molar-refractivity contribution in [2.75, 3.05) is 6.26 Å². The topological polar surface area (TPSA) is 54.9 Å². The van der Waals surface area contributed by atoms with Gasteiger partial charge in [-0.05, 0) is 24.8 Å². The maximum Gasteiger partial charge on any atom is 0.334 e. The number of para-hydroxylation sites is 1. The third-order valence-corrected chi connectivity index (χ3v) is 3.93. The van der Waals surface area contributed by atoms with Gasteiger partial charge in [0.15, 0.2) is 0 Å². The molecule has 2 rings (SSSR count). The molecule has 1 N–H and O–H groups in total. The molecule has 0 radical (unpaired) electrons. The predicted molar refractivity (Wildman–Crippen MR) is 78.8 cm³/mol. The molecule has 1 heterocycles. The van der Waals surface area contributed by atoms with Crippen molar-refractivity contribution in [3.63, 3.8) is 0 Å². The smallest absolute Gasteiger partial charge is 0.297 e. The number of aromatic amines is 1. The molecule has 1 aromatic heterocycles. The van der Waals surface area contributed by atoms with Crippen LogP contribution in [0.2, 0.25) is 5.15 Å². The lowest BCUT2D eigenvalue weighted by Gasteiger charge is -2.10. The van der Waals surface area contributed by atoms with E-state index in [9.17, 15) is 9.59 Å². The molecule has 0 saturated heterocycles. The minimum atomic E-state index is -0.520. The molecule has 1 aromatic carbocycles. The Morgan fingerprint density at radius 1 is 1.32 bits per heavy atom. The van der Waals surface area contributed by atoms with Crippen molar-refractivity contribution in [3.05, 3.63) is 55.8 Å². The average Bonchev–Trinajstić information content (AvgIpc) is 2.39. The maximum atomic E-state index is 12.4. The third-order valence-electron chi connectivity index (χ3n) is 2.83. The Kier molecular flexibility index (Phi) is 4.17. The fourth-order valence-electron chi connectivity index (χ4n) is 1.89. The monoisotopic (exact) mass is 296 g/mol. The second kappa shape index (κ2) is 5.67. The van der Waals surface area contributed by atoms with Crippen LogP contribution in [0, 0.1) is 0 Å². The number of aromatic nitrogens is 2. The van der Waals surface area contributed by atoms with Crippen LogP contribution in [0.25, 0.3) is 5.69 Å².